The highest BCUT2D eigenvalue weighted by atomic mass is 35.5. The smallest absolute Gasteiger partial charge is 0.356 e. The molecular formula is C51H54ClN2O9PSi. The van der Waals surface area contributed by atoms with Gasteiger partial charge in [-0.15, -0.1) is 0 Å². The molecule has 1 aliphatic rings. The van der Waals surface area contributed by atoms with Crippen molar-refractivity contribution < 1.29 is 38.0 Å². The maximum atomic E-state index is 15.2. The number of carbonyl (C=O) groups is 4. The first-order chi connectivity index (χ1) is 30.9. The molecule has 1 heterocycles. The lowest BCUT2D eigenvalue weighted by atomic mass is 9.79. The van der Waals surface area contributed by atoms with Gasteiger partial charge in [-0.2, -0.15) is 0 Å². The van der Waals surface area contributed by atoms with Gasteiger partial charge in [-0.25, -0.2) is 4.79 Å². The van der Waals surface area contributed by atoms with Gasteiger partial charge in [0.05, 0.1) is 29.4 Å². The van der Waals surface area contributed by atoms with E-state index in [9.17, 15) is 19.7 Å². The molecule has 1 aliphatic heterocycles. The Balaban J connectivity index is 1.44. The van der Waals surface area contributed by atoms with Crippen LogP contribution in [-0.4, -0.2) is 65.9 Å². The van der Waals surface area contributed by atoms with Crippen molar-refractivity contribution in [1.29, 1.82) is 0 Å². The number of β-lactam (4-membered cyclic amide) rings is 1. The molecule has 3 atom stereocenters. The number of likely N-dealkylation sites (tertiary alicyclic amines) is 1. The highest BCUT2D eigenvalue weighted by Gasteiger charge is 2.57. The molecule has 6 rings (SSSR count). The Morgan fingerprint density at radius 2 is 1.40 bits per heavy atom. The van der Waals surface area contributed by atoms with E-state index in [-0.39, 0.29) is 64.5 Å². The Labute approximate surface area is 386 Å². The average Bonchev–Trinajstić information content (AvgIpc) is 3.28. The molecule has 14 heteroatoms. The first-order valence-electron chi connectivity index (χ1n) is 21.3. The third kappa shape index (κ3) is 10.5. The van der Waals surface area contributed by atoms with E-state index < -0.39 is 50.1 Å². The highest BCUT2D eigenvalue weighted by molar-refractivity contribution is 7.96. The zero-order valence-electron chi connectivity index (χ0n) is 37.4. The zero-order chi connectivity index (χ0) is 47.1. The molecule has 0 spiro atoms. The summed E-state index contributed by atoms with van der Waals surface area (Å²) in [4.78, 5) is 69.8. The number of amides is 1. The highest BCUT2D eigenvalue weighted by Crippen LogP contribution is 2.51. The summed E-state index contributed by atoms with van der Waals surface area (Å²) in [5, 5.41) is 13.4. The fourth-order valence-electron chi connectivity index (χ4n) is 7.90. The second-order valence-electron chi connectivity index (χ2n) is 17.5. The molecular weight excluding hydrogens is 879 g/mol. The van der Waals surface area contributed by atoms with Gasteiger partial charge in [-0.05, 0) is 70.3 Å². The number of Topliss-reactive ketones (excluding diaryl/α,β-unsaturated/α-hetero) is 1. The molecule has 1 saturated heterocycles. The van der Waals surface area contributed by atoms with Crippen LogP contribution in [0.3, 0.4) is 0 Å². The molecule has 0 bridgehead atoms. The Morgan fingerprint density at radius 1 is 0.862 bits per heavy atom. The predicted octanol–water partition coefficient (Wildman–Crippen LogP) is 9.20. The van der Waals surface area contributed by atoms with Crippen LogP contribution in [0.5, 0.6) is 0 Å². The third-order valence-corrected chi connectivity index (χ3v) is 21.4. The van der Waals surface area contributed by atoms with Crippen LogP contribution in [0.1, 0.15) is 55.6 Å². The Morgan fingerprint density at radius 3 is 1.88 bits per heavy atom. The van der Waals surface area contributed by atoms with Crippen LogP contribution in [0.25, 0.3) is 0 Å². The van der Waals surface area contributed by atoms with Crippen molar-refractivity contribution in [3.8, 4) is 0 Å². The monoisotopic (exact) mass is 932 g/mol. The molecule has 0 aromatic heterocycles. The molecule has 0 aliphatic carbocycles. The van der Waals surface area contributed by atoms with Gasteiger partial charge in [-0.3, -0.25) is 24.5 Å². The van der Waals surface area contributed by atoms with Crippen LogP contribution >= 0.6 is 18.5 Å². The second-order valence-corrected chi connectivity index (χ2v) is 25.9. The average molecular weight is 934 g/mol. The van der Waals surface area contributed by atoms with Crippen molar-refractivity contribution in [2.75, 3.05) is 6.61 Å². The molecule has 1 fully saturated rings. The molecule has 0 saturated carbocycles. The van der Waals surface area contributed by atoms with Crippen molar-refractivity contribution >= 4 is 77.5 Å². The number of nitro benzene ring substituents is 1. The first kappa shape index (κ1) is 48.5. The standard InChI is InChI=1S/C51H54ClN2O9PSi/c1-8-30-61-50(58)49(64(40-18-12-9-13-19-40,41-20-14-10-15-21-41)42-22-16-11-17-23-42)53-44(47(48(53)57)35(2)63-65(6,7)51(3,4)5)33-45(55)38-27-26-37(43(52)31-38)32-46(56)62-34-36-24-28-39(29-25-36)54(59)60/h8-29,31,35,44,47H,1,30,32-34H2,2-7H3/t35-,44-,47-/m1/s1. The van der Waals surface area contributed by atoms with Gasteiger partial charge >= 0.3 is 11.9 Å². The fraction of sp³-hybridized carbons (Fsp3) is 0.275. The van der Waals surface area contributed by atoms with Crippen molar-refractivity contribution in [1.82, 2.24) is 4.90 Å². The minimum absolute atomic E-state index is 0.0756. The molecule has 5 aromatic carbocycles. The zero-order valence-corrected chi connectivity index (χ0v) is 40.1. The van der Waals surface area contributed by atoms with Crippen molar-refractivity contribution in [3.63, 3.8) is 0 Å². The van der Waals surface area contributed by atoms with E-state index in [1.807, 2.05) is 97.9 Å². The van der Waals surface area contributed by atoms with Crippen LogP contribution in [-0.2, 0) is 41.3 Å². The summed E-state index contributed by atoms with van der Waals surface area (Å²) in [6.07, 6.45) is 0.478. The number of hydrogen-bond donors (Lipinski definition) is 0. The van der Waals surface area contributed by atoms with Crippen LogP contribution in [0, 0.1) is 16.0 Å². The van der Waals surface area contributed by atoms with Crippen molar-refractivity contribution in [2.24, 2.45) is 5.92 Å². The summed E-state index contributed by atoms with van der Waals surface area (Å²) in [5.41, 5.74) is 1.32. The summed E-state index contributed by atoms with van der Waals surface area (Å²) in [6.45, 7) is 12.7. The van der Waals surface area contributed by atoms with Gasteiger partial charge in [0.15, 0.2) is 14.1 Å². The molecule has 0 unspecified atom stereocenters. The lowest BCUT2D eigenvalue weighted by molar-refractivity contribution is -0.384. The van der Waals surface area contributed by atoms with Gasteiger partial charge in [0.25, 0.3) is 5.69 Å². The van der Waals surface area contributed by atoms with Gasteiger partial charge in [0.1, 0.15) is 18.6 Å². The van der Waals surface area contributed by atoms with Crippen LogP contribution in [0.4, 0.5) is 5.69 Å². The maximum Gasteiger partial charge on any atom is 0.356 e. The van der Waals surface area contributed by atoms with E-state index in [4.69, 9.17) is 25.5 Å². The van der Waals surface area contributed by atoms with E-state index in [0.717, 1.165) is 15.9 Å². The maximum absolute atomic E-state index is 15.2. The SMILES string of the molecule is C=CCOC(=O)C(N1C(=O)[C@H]([C@@H](C)O[Si](C)(C)C(C)(C)C)[C@H]1CC(=O)c1ccc(CC(=O)OCc2ccc([N+](=O)[O-])cc2)c(Cl)c1)=P(c1ccccc1)(c1ccccc1)c1ccccc1. The number of nitro groups is 1. The van der Waals surface area contributed by atoms with E-state index in [0.29, 0.717) is 11.1 Å². The number of hydrogen-bond acceptors (Lipinski definition) is 9. The first-order valence-corrected chi connectivity index (χ1v) is 26.4. The molecule has 5 aromatic rings. The number of esters is 2. The van der Waals surface area contributed by atoms with E-state index in [2.05, 4.69) is 40.4 Å². The number of carbonyl (C=O) groups excluding carboxylic acids is 4. The van der Waals surface area contributed by atoms with E-state index in [1.165, 1.54) is 41.3 Å². The molecule has 1 amide bonds. The summed E-state index contributed by atoms with van der Waals surface area (Å²) in [7, 11) is -2.46. The second kappa shape index (κ2) is 20.5. The number of rotatable bonds is 18. The van der Waals surface area contributed by atoms with Crippen molar-refractivity contribution in [3.05, 3.63) is 178 Å². The number of halogens is 1. The number of non-ortho nitro benzene ring substituents is 1. The predicted molar refractivity (Wildman–Crippen MR) is 260 cm³/mol. The van der Waals surface area contributed by atoms with Crippen molar-refractivity contribution in [2.45, 2.75) is 77.4 Å². The fourth-order valence-corrected chi connectivity index (χ4v) is 14.0. The number of ketones is 1. The Hall–Kier alpha value is -5.91. The number of ether oxygens (including phenoxy) is 2. The van der Waals surface area contributed by atoms with Gasteiger partial charge < -0.3 is 18.8 Å². The van der Waals surface area contributed by atoms with Gasteiger partial charge in [-0.1, -0.05) is 148 Å². The van der Waals surface area contributed by atoms with Gasteiger partial charge in [0, 0.05) is 36.0 Å². The summed E-state index contributed by atoms with van der Waals surface area (Å²) >= 11 is 6.74. The van der Waals surface area contributed by atoms with Crippen LogP contribution in [0.15, 0.2) is 146 Å². The quantitative estimate of drug-likeness (QED) is 0.0123. The number of nitrogens with zero attached hydrogens (tertiary/aromatic N) is 2. The van der Waals surface area contributed by atoms with E-state index in [1.54, 1.807) is 12.1 Å². The molecule has 0 radical (unpaired) electrons. The molecule has 0 N–H and O–H groups in total. The van der Waals surface area contributed by atoms with E-state index >= 15 is 9.59 Å². The minimum atomic E-state index is -3.28. The summed E-state index contributed by atoms with van der Waals surface area (Å²) < 4.78 is 18.3. The van der Waals surface area contributed by atoms with Gasteiger partial charge in [0.2, 0.25) is 5.91 Å². The Bertz CT molecular complexity index is 2510. The van der Waals surface area contributed by atoms with Crippen LogP contribution in [0.2, 0.25) is 23.2 Å². The minimum Gasteiger partial charge on any atom is -0.461 e. The third-order valence-electron chi connectivity index (χ3n) is 12.2. The lowest BCUT2D eigenvalue weighted by Crippen LogP contribution is -2.69. The molecule has 65 heavy (non-hydrogen) atoms. The summed E-state index contributed by atoms with van der Waals surface area (Å²) in [5.74, 6) is -2.79. The molecule has 338 valence electrons. The lowest BCUT2D eigenvalue weighted by Gasteiger charge is -2.53. The molecule has 11 nitrogen and oxygen atoms in total. The topological polar surface area (TPSA) is 142 Å². The summed E-state index contributed by atoms with van der Waals surface area (Å²) in [6, 6.07) is 38.5. The largest absolute Gasteiger partial charge is 0.461 e. The van der Waals surface area contributed by atoms with Crippen LogP contribution < -0.4 is 15.9 Å². The normalized spacial score (nSPS) is 15.6. The number of benzene rings is 5. The Kier molecular flexibility index (Phi) is 15.3.